The van der Waals surface area contributed by atoms with Gasteiger partial charge < -0.3 is 9.66 Å². The largest absolute Gasteiger partial charge is 0.598 e. The molecule has 29 heavy (non-hydrogen) atoms. The lowest BCUT2D eigenvalue weighted by Crippen LogP contribution is -2.42. The minimum Gasteiger partial charge on any atom is -0.598 e. The Hall–Kier alpha value is -1.89. The summed E-state index contributed by atoms with van der Waals surface area (Å²) in [6.07, 6.45) is -0.368. The number of nitrogens with one attached hydrogen (secondary N) is 1. The van der Waals surface area contributed by atoms with Gasteiger partial charge in [-0.05, 0) is 88.4 Å². The van der Waals surface area contributed by atoms with Gasteiger partial charge in [0, 0.05) is 16.9 Å². The van der Waals surface area contributed by atoms with Crippen LogP contribution in [0.5, 0.6) is 0 Å². The number of aliphatic carboxylic acids is 1. The van der Waals surface area contributed by atoms with Gasteiger partial charge >= 0.3 is 5.97 Å². The van der Waals surface area contributed by atoms with Gasteiger partial charge in [0.05, 0.1) is 12.5 Å². The molecule has 0 saturated heterocycles. The van der Waals surface area contributed by atoms with Crippen LogP contribution in [0.3, 0.4) is 0 Å². The summed E-state index contributed by atoms with van der Waals surface area (Å²) in [6, 6.07) is 6.71. The van der Waals surface area contributed by atoms with Gasteiger partial charge in [-0.2, -0.15) is 0 Å². The van der Waals surface area contributed by atoms with Crippen LogP contribution in [-0.2, 0) is 16.2 Å². The molecular weight excluding hydrogens is 389 g/mol. The van der Waals surface area contributed by atoms with Crippen LogP contribution in [0.15, 0.2) is 24.3 Å². The van der Waals surface area contributed by atoms with Crippen molar-refractivity contribution in [2.24, 2.45) is 0 Å². The van der Waals surface area contributed by atoms with E-state index in [-0.39, 0.29) is 12.0 Å². The van der Waals surface area contributed by atoms with Crippen LogP contribution in [-0.4, -0.2) is 20.4 Å². The van der Waals surface area contributed by atoms with Gasteiger partial charge in [0.1, 0.15) is 10.6 Å². The summed E-state index contributed by atoms with van der Waals surface area (Å²) >= 11 is -1.54. The molecule has 2 aromatic carbocycles. The SMILES string of the molecule is Cc1cc(C)c(-c2cc(C)c(F)c(C(CC(=O)O)N[S+]([O-])C(C)(C)C)c2)c(C)c1. The number of carbonyl (C=O) groups is 1. The Morgan fingerprint density at radius 3 is 2.14 bits per heavy atom. The highest BCUT2D eigenvalue weighted by Gasteiger charge is 2.32. The average molecular weight is 420 g/mol. The van der Waals surface area contributed by atoms with E-state index in [2.05, 4.69) is 16.9 Å². The zero-order valence-corrected chi connectivity index (χ0v) is 19.0. The summed E-state index contributed by atoms with van der Waals surface area (Å²) in [6.45, 7) is 13.1. The average Bonchev–Trinajstić information content (AvgIpc) is 2.54. The molecule has 2 N–H and O–H groups in total. The minimum absolute atomic E-state index is 0.222. The molecule has 2 unspecified atom stereocenters. The quantitative estimate of drug-likeness (QED) is 0.624. The van der Waals surface area contributed by atoms with Gasteiger partial charge in [0.2, 0.25) is 0 Å². The standard InChI is InChI=1S/C23H30FNO3S/c1-13-8-14(2)21(15(3)9-13)17-10-16(4)22(24)18(11-17)19(12-20(26)27)25-29(28)23(5,6)7/h8-11,19,25H,12H2,1-7H3,(H,26,27). The van der Waals surface area contributed by atoms with Crippen molar-refractivity contribution in [2.75, 3.05) is 0 Å². The van der Waals surface area contributed by atoms with Gasteiger partial charge in [0.25, 0.3) is 0 Å². The fraction of sp³-hybridized carbons (Fsp3) is 0.435. The Kier molecular flexibility index (Phi) is 7.14. The highest BCUT2D eigenvalue weighted by molar-refractivity contribution is 7.90. The van der Waals surface area contributed by atoms with Gasteiger partial charge in [-0.15, -0.1) is 4.72 Å². The number of hydrogen-bond donors (Lipinski definition) is 2. The molecule has 0 aliphatic rings. The molecule has 4 nitrogen and oxygen atoms in total. The van der Waals surface area contributed by atoms with E-state index < -0.39 is 33.9 Å². The highest BCUT2D eigenvalue weighted by atomic mass is 32.2. The molecule has 2 aromatic rings. The van der Waals surface area contributed by atoms with E-state index in [9.17, 15) is 14.5 Å². The third-order valence-electron chi connectivity index (χ3n) is 4.81. The Morgan fingerprint density at radius 1 is 1.10 bits per heavy atom. The molecule has 2 atom stereocenters. The summed E-state index contributed by atoms with van der Waals surface area (Å²) in [4.78, 5) is 11.4. The molecule has 0 saturated carbocycles. The molecule has 0 fully saturated rings. The first-order chi connectivity index (χ1) is 13.3. The Balaban J connectivity index is 2.62. The first-order valence-corrected chi connectivity index (χ1v) is 10.7. The molecule has 6 heteroatoms. The van der Waals surface area contributed by atoms with Crippen molar-refractivity contribution < 1.29 is 18.8 Å². The zero-order chi connectivity index (χ0) is 22.1. The molecule has 0 bridgehead atoms. The maximum atomic E-state index is 15.1. The molecule has 0 aliphatic carbocycles. The van der Waals surface area contributed by atoms with E-state index in [1.54, 1.807) is 39.8 Å². The van der Waals surface area contributed by atoms with Crippen molar-refractivity contribution in [2.45, 2.75) is 65.7 Å². The van der Waals surface area contributed by atoms with E-state index in [1.807, 2.05) is 20.8 Å². The predicted molar refractivity (Wildman–Crippen MR) is 117 cm³/mol. The van der Waals surface area contributed by atoms with Crippen LogP contribution in [0.4, 0.5) is 4.39 Å². The lowest BCUT2D eigenvalue weighted by Gasteiger charge is -2.28. The van der Waals surface area contributed by atoms with Crippen molar-refractivity contribution in [3.63, 3.8) is 0 Å². The van der Waals surface area contributed by atoms with Crippen LogP contribution < -0.4 is 4.72 Å². The summed E-state index contributed by atoms with van der Waals surface area (Å²) in [5.74, 6) is -1.56. The molecule has 2 rings (SSSR count). The molecular formula is C23H30FNO3S. The maximum Gasteiger partial charge on any atom is 0.305 e. The number of benzene rings is 2. The molecule has 158 valence electrons. The minimum atomic E-state index is -1.54. The fourth-order valence-corrected chi connectivity index (χ4v) is 4.35. The first-order valence-electron chi connectivity index (χ1n) is 9.59. The topological polar surface area (TPSA) is 72.4 Å². The van der Waals surface area contributed by atoms with Crippen LogP contribution in [0.2, 0.25) is 0 Å². The summed E-state index contributed by atoms with van der Waals surface area (Å²) in [5, 5.41) is 9.36. The van der Waals surface area contributed by atoms with Gasteiger partial charge in [-0.25, -0.2) is 4.39 Å². The van der Waals surface area contributed by atoms with E-state index in [0.29, 0.717) is 5.56 Å². The molecule has 0 radical (unpaired) electrons. The molecule has 0 aromatic heterocycles. The van der Waals surface area contributed by atoms with Gasteiger partial charge in [0.15, 0.2) is 0 Å². The number of aryl methyl sites for hydroxylation is 4. The van der Waals surface area contributed by atoms with Crippen LogP contribution in [0.25, 0.3) is 11.1 Å². The third kappa shape index (κ3) is 5.59. The van der Waals surface area contributed by atoms with Crippen LogP contribution in [0.1, 0.15) is 61.1 Å². The van der Waals surface area contributed by atoms with Crippen LogP contribution in [0, 0.1) is 33.5 Å². The first kappa shape index (κ1) is 23.4. The third-order valence-corrected chi connectivity index (χ3v) is 6.42. The van der Waals surface area contributed by atoms with Gasteiger partial charge in [-0.1, -0.05) is 17.7 Å². The number of halogens is 1. The lowest BCUT2D eigenvalue weighted by atomic mass is 9.90. The number of rotatable bonds is 6. The Morgan fingerprint density at radius 2 is 1.66 bits per heavy atom. The molecule has 0 aliphatic heterocycles. The van der Waals surface area contributed by atoms with E-state index >= 15 is 4.39 Å². The van der Waals surface area contributed by atoms with Crippen molar-refractivity contribution in [1.29, 1.82) is 0 Å². The van der Waals surface area contributed by atoms with Crippen molar-refractivity contribution >= 4 is 17.3 Å². The Bertz CT molecular complexity index is 898. The predicted octanol–water partition coefficient (Wildman–Crippen LogP) is 5.29. The fourth-order valence-electron chi connectivity index (χ4n) is 3.53. The maximum absolute atomic E-state index is 15.1. The second-order valence-electron chi connectivity index (χ2n) is 8.62. The second kappa shape index (κ2) is 8.86. The number of hydrogen-bond acceptors (Lipinski definition) is 3. The van der Waals surface area contributed by atoms with Crippen molar-refractivity contribution in [3.8, 4) is 11.1 Å². The van der Waals surface area contributed by atoms with Crippen LogP contribution >= 0.6 is 0 Å². The van der Waals surface area contributed by atoms with E-state index in [1.165, 1.54) is 0 Å². The normalized spacial score (nSPS) is 14.0. The summed E-state index contributed by atoms with van der Waals surface area (Å²) < 4.78 is 29.9. The lowest BCUT2D eigenvalue weighted by molar-refractivity contribution is -0.137. The smallest absolute Gasteiger partial charge is 0.305 e. The summed E-state index contributed by atoms with van der Waals surface area (Å²) in [5.41, 5.74) is 5.77. The summed E-state index contributed by atoms with van der Waals surface area (Å²) in [7, 11) is 0. The second-order valence-corrected chi connectivity index (χ2v) is 10.6. The molecule has 0 amide bonds. The van der Waals surface area contributed by atoms with E-state index in [4.69, 9.17) is 0 Å². The monoisotopic (exact) mass is 419 g/mol. The molecule has 0 heterocycles. The van der Waals surface area contributed by atoms with E-state index in [0.717, 1.165) is 27.8 Å². The molecule has 0 spiro atoms. The number of carboxylic acids is 1. The highest BCUT2D eigenvalue weighted by Crippen LogP contribution is 2.34. The number of carboxylic acid groups (broad SMARTS) is 1. The Labute approximate surface area is 175 Å². The zero-order valence-electron chi connectivity index (χ0n) is 18.1. The van der Waals surface area contributed by atoms with Gasteiger partial charge in [-0.3, -0.25) is 4.79 Å². The van der Waals surface area contributed by atoms with Crippen molar-refractivity contribution in [3.05, 3.63) is 57.9 Å². The van der Waals surface area contributed by atoms with Crippen molar-refractivity contribution in [1.82, 2.24) is 4.72 Å².